The van der Waals surface area contributed by atoms with Crippen molar-refractivity contribution in [3.8, 4) is 11.6 Å². The lowest BCUT2D eigenvalue weighted by Crippen LogP contribution is -2.20. The summed E-state index contributed by atoms with van der Waals surface area (Å²) in [5.74, 6) is 1.59. The molecule has 3 heterocycles. The molecule has 0 saturated heterocycles. The van der Waals surface area contributed by atoms with Crippen molar-refractivity contribution in [3.63, 3.8) is 0 Å². The Kier molecular flexibility index (Phi) is 6.31. The van der Waals surface area contributed by atoms with Gasteiger partial charge in [0.05, 0.1) is 5.52 Å². The van der Waals surface area contributed by atoms with Crippen molar-refractivity contribution in [1.82, 2.24) is 34.9 Å². The van der Waals surface area contributed by atoms with Gasteiger partial charge < -0.3 is 15.4 Å². The Balaban J connectivity index is 1.34. The van der Waals surface area contributed by atoms with Gasteiger partial charge in [-0.25, -0.2) is 15.0 Å². The topological polar surface area (TPSA) is 119 Å². The van der Waals surface area contributed by atoms with Gasteiger partial charge in [-0.2, -0.15) is 0 Å². The molecule has 3 aromatic heterocycles. The Labute approximate surface area is 206 Å². The second kappa shape index (κ2) is 10.0. The van der Waals surface area contributed by atoms with E-state index in [4.69, 9.17) is 4.74 Å². The maximum Gasteiger partial charge on any atom is 0.243 e. The molecule has 0 spiro atoms. The van der Waals surface area contributed by atoms with Gasteiger partial charge in [0.25, 0.3) is 0 Å². The van der Waals surface area contributed by atoms with Gasteiger partial charge in [0.15, 0.2) is 5.65 Å². The van der Waals surface area contributed by atoms with Crippen LogP contribution in [0.15, 0.2) is 80.2 Å². The number of carbonyl (C=O) groups excluding carboxylic acids is 1. The van der Waals surface area contributed by atoms with E-state index in [1.54, 1.807) is 23.1 Å². The smallest absolute Gasteiger partial charge is 0.243 e. The lowest BCUT2D eigenvalue weighted by Gasteiger charge is -2.12. The lowest BCUT2D eigenvalue weighted by atomic mass is 10.1. The summed E-state index contributed by atoms with van der Waals surface area (Å²) in [4.78, 5) is 24.4. The van der Waals surface area contributed by atoms with Crippen LogP contribution in [0.5, 0.6) is 11.6 Å². The Morgan fingerprint density at radius 1 is 1.11 bits per heavy atom. The number of ether oxygens (including phenoxy) is 1. The van der Waals surface area contributed by atoms with Crippen LogP contribution in [-0.2, 0) is 4.79 Å². The molecule has 5 rings (SSSR count). The van der Waals surface area contributed by atoms with E-state index in [2.05, 4.69) is 42.4 Å². The molecule has 0 fully saturated rings. The van der Waals surface area contributed by atoms with Gasteiger partial charge in [0.1, 0.15) is 30.5 Å². The van der Waals surface area contributed by atoms with Crippen molar-refractivity contribution in [1.29, 1.82) is 0 Å². The SMILES string of the molecule is C=CC(=O)NC/C=C/c1ccc2ncnc(Nc3ccc(Oc4cc5nncn5cn4)c(C)c3)c2c1. The van der Waals surface area contributed by atoms with Crippen molar-refractivity contribution in [2.45, 2.75) is 6.92 Å². The van der Waals surface area contributed by atoms with Crippen LogP contribution in [0, 0.1) is 6.92 Å². The number of fused-ring (bicyclic) bond motifs is 2. The second-order valence-corrected chi connectivity index (χ2v) is 7.88. The number of nitrogens with one attached hydrogen (secondary N) is 2. The van der Waals surface area contributed by atoms with Gasteiger partial charge in [-0.3, -0.25) is 9.20 Å². The first-order chi connectivity index (χ1) is 17.6. The van der Waals surface area contributed by atoms with E-state index in [1.807, 2.05) is 55.5 Å². The minimum Gasteiger partial charge on any atom is -0.439 e. The predicted octanol–water partition coefficient (Wildman–Crippen LogP) is 4.23. The number of hydrogen-bond acceptors (Lipinski definition) is 8. The molecule has 36 heavy (non-hydrogen) atoms. The average molecular weight is 479 g/mol. The molecule has 1 amide bonds. The first-order valence-electron chi connectivity index (χ1n) is 11.1. The third kappa shape index (κ3) is 5.02. The molecular formula is C26H22N8O2. The number of aromatic nitrogens is 6. The van der Waals surface area contributed by atoms with Crippen molar-refractivity contribution < 1.29 is 9.53 Å². The van der Waals surface area contributed by atoms with Crippen molar-refractivity contribution >= 4 is 40.0 Å². The molecule has 0 aliphatic carbocycles. The summed E-state index contributed by atoms with van der Waals surface area (Å²) in [7, 11) is 0. The number of amides is 1. The summed E-state index contributed by atoms with van der Waals surface area (Å²) in [5.41, 5.74) is 4.21. The molecule has 0 aliphatic rings. The van der Waals surface area contributed by atoms with Gasteiger partial charge in [-0.15, -0.1) is 10.2 Å². The molecule has 2 aromatic carbocycles. The fourth-order valence-electron chi connectivity index (χ4n) is 3.56. The van der Waals surface area contributed by atoms with Gasteiger partial charge in [-0.1, -0.05) is 24.8 Å². The van der Waals surface area contributed by atoms with Crippen LogP contribution >= 0.6 is 0 Å². The first-order valence-corrected chi connectivity index (χ1v) is 11.1. The van der Waals surface area contributed by atoms with Crippen LogP contribution in [0.25, 0.3) is 22.6 Å². The molecule has 0 atom stereocenters. The standard InChI is InChI=1S/C26H22N8O2/c1-3-24(35)27-10-4-5-18-6-8-21-20(12-18)26(29-14-28-21)32-19-7-9-22(17(2)11-19)36-25-13-23-33-31-16-34(23)15-30-25/h3-9,11-16H,1,10H2,2H3,(H,27,35)(H,28,29,32)/b5-4+. The van der Waals surface area contributed by atoms with E-state index in [9.17, 15) is 4.79 Å². The van der Waals surface area contributed by atoms with Crippen LogP contribution < -0.4 is 15.4 Å². The third-order valence-corrected chi connectivity index (χ3v) is 5.36. The van der Waals surface area contributed by atoms with Crippen LogP contribution in [-0.4, -0.2) is 42.0 Å². The largest absolute Gasteiger partial charge is 0.439 e. The van der Waals surface area contributed by atoms with Gasteiger partial charge in [-0.05, 0) is 54.5 Å². The summed E-state index contributed by atoms with van der Waals surface area (Å²) < 4.78 is 7.67. The van der Waals surface area contributed by atoms with Crippen LogP contribution in [0.2, 0.25) is 0 Å². The number of hydrogen-bond donors (Lipinski definition) is 2. The highest BCUT2D eigenvalue weighted by Crippen LogP contribution is 2.29. The van der Waals surface area contributed by atoms with Crippen LogP contribution in [0.1, 0.15) is 11.1 Å². The number of anilines is 2. The molecule has 5 aromatic rings. The maximum absolute atomic E-state index is 11.3. The monoisotopic (exact) mass is 478 g/mol. The molecule has 0 aliphatic heterocycles. The first kappa shape index (κ1) is 22.7. The van der Waals surface area contributed by atoms with Gasteiger partial charge >= 0.3 is 0 Å². The summed E-state index contributed by atoms with van der Waals surface area (Å²) >= 11 is 0. The van der Waals surface area contributed by atoms with Gasteiger partial charge in [0, 0.05) is 23.7 Å². The Morgan fingerprint density at radius 3 is 2.89 bits per heavy atom. The Morgan fingerprint density at radius 2 is 2.03 bits per heavy atom. The van der Waals surface area contributed by atoms with E-state index < -0.39 is 0 Å². The number of carbonyl (C=O) groups is 1. The summed E-state index contributed by atoms with van der Waals surface area (Å²) in [6.07, 6.45) is 9.77. The molecule has 0 unspecified atom stereocenters. The zero-order chi connectivity index (χ0) is 24.9. The summed E-state index contributed by atoms with van der Waals surface area (Å²) in [6.45, 7) is 5.81. The van der Waals surface area contributed by atoms with Crippen molar-refractivity contribution in [3.05, 3.63) is 91.3 Å². The normalized spacial score (nSPS) is 11.1. The Hall–Kier alpha value is -5.12. The van der Waals surface area contributed by atoms with Crippen molar-refractivity contribution in [2.24, 2.45) is 0 Å². The van der Waals surface area contributed by atoms with E-state index >= 15 is 0 Å². The second-order valence-electron chi connectivity index (χ2n) is 7.88. The van der Waals surface area contributed by atoms with E-state index in [0.29, 0.717) is 29.6 Å². The average Bonchev–Trinajstić information content (AvgIpc) is 3.36. The van der Waals surface area contributed by atoms with E-state index in [0.717, 1.165) is 27.7 Å². The van der Waals surface area contributed by atoms with Crippen LogP contribution in [0.3, 0.4) is 0 Å². The van der Waals surface area contributed by atoms with Gasteiger partial charge in [0.2, 0.25) is 11.8 Å². The number of benzene rings is 2. The van der Waals surface area contributed by atoms with Crippen LogP contribution in [0.4, 0.5) is 11.5 Å². The highest BCUT2D eigenvalue weighted by atomic mass is 16.5. The van der Waals surface area contributed by atoms with E-state index in [-0.39, 0.29) is 5.91 Å². The molecule has 0 bridgehead atoms. The van der Waals surface area contributed by atoms with E-state index in [1.165, 1.54) is 12.4 Å². The summed E-state index contributed by atoms with van der Waals surface area (Å²) in [6, 6.07) is 13.4. The minimum absolute atomic E-state index is 0.211. The molecule has 10 heteroatoms. The third-order valence-electron chi connectivity index (χ3n) is 5.36. The molecule has 2 N–H and O–H groups in total. The molecule has 0 radical (unpaired) electrons. The zero-order valence-electron chi connectivity index (χ0n) is 19.4. The maximum atomic E-state index is 11.3. The number of rotatable bonds is 8. The minimum atomic E-state index is -0.211. The number of aryl methyl sites for hydroxylation is 1. The summed E-state index contributed by atoms with van der Waals surface area (Å²) in [5, 5.41) is 14.8. The molecular weight excluding hydrogens is 456 g/mol. The number of nitrogens with zero attached hydrogens (tertiary/aromatic N) is 6. The highest BCUT2D eigenvalue weighted by molar-refractivity contribution is 5.92. The predicted molar refractivity (Wildman–Crippen MR) is 137 cm³/mol. The highest BCUT2D eigenvalue weighted by Gasteiger charge is 2.09. The van der Waals surface area contributed by atoms with Crippen molar-refractivity contribution in [2.75, 3.05) is 11.9 Å². The lowest BCUT2D eigenvalue weighted by molar-refractivity contribution is -0.116. The molecule has 0 saturated carbocycles. The molecule has 178 valence electrons. The quantitative estimate of drug-likeness (QED) is 0.318. The molecule has 10 nitrogen and oxygen atoms in total. The zero-order valence-corrected chi connectivity index (χ0v) is 19.4. The fourth-order valence-corrected chi connectivity index (χ4v) is 3.56. The fraction of sp³-hybridized carbons (Fsp3) is 0.0769. The Bertz CT molecular complexity index is 1610.